The lowest BCUT2D eigenvalue weighted by Gasteiger charge is -2.22. The van der Waals surface area contributed by atoms with E-state index in [2.05, 4.69) is 21.2 Å². The van der Waals surface area contributed by atoms with Gasteiger partial charge in [-0.2, -0.15) is 5.10 Å². The van der Waals surface area contributed by atoms with Crippen LogP contribution in [0.25, 0.3) is 0 Å². The molecule has 1 aromatic carbocycles. The average Bonchev–Trinajstić information content (AvgIpc) is 3.39. The first-order chi connectivity index (χ1) is 13.9. The Kier molecular flexibility index (Phi) is 4.28. The molecular formula is C19H24N6O3S. The molecule has 1 aliphatic heterocycles. The van der Waals surface area contributed by atoms with Crippen molar-refractivity contribution in [1.29, 1.82) is 4.78 Å². The molecule has 0 saturated carbocycles. The van der Waals surface area contributed by atoms with Gasteiger partial charge in [-0.25, -0.2) is 23.2 Å². The Morgan fingerprint density at radius 1 is 1.24 bits per heavy atom. The maximum absolute atomic E-state index is 13.0. The summed E-state index contributed by atoms with van der Waals surface area (Å²) in [5, 5.41) is 7.01. The lowest BCUT2D eigenvalue weighted by Crippen LogP contribution is -2.38. The summed E-state index contributed by atoms with van der Waals surface area (Å²) >= 11 is 0. The van der Waals surface area contributed by atoms with Crippen LogP contribution in [0.4, 0.5) is 10.5 Å². The lowest BCUT2D eigenvalue weighted by molar-refractivity contribution is 0.200. The molecule has 1 aromatic heterocycles. The minimum absolute atomic E-state index is 0.0584. The van der Waals surface area contributed by atoms with Gasteiger partial charge in [-0.1, -0.05) is 6.07 Å². The first-order valence-corrected chi connectivity index (χ1v) is 11.5. The standard InChI is InChI=1S/C19H24N6O3S/c20-13-9-25-18(28-10-13)16(8-22-25)29(21,27)24-19(26)23-17-14-5-1-3-11(14)7-12-4-2-6-15(12)17/h7-8,13H,1-6,9-10,20H2,(H3,21,23,24,26,27)/t13-,29-/m0/s1. The Hall–Kier alpha value is -2.59. The van der Waals surface area contributed by atoms with Crippen LogP contribution in [0.1, 0.15) is 35.1 Å². The highest BCUT2D eigenvalue weighted by molar-refractivity contribution is 7.91. The van der Waals surface area contributed by atoms with Crippen LogP contribution in [0.15, 0.2) is 17.2 Å². The molecule has 5 N–H and O–H groups in total. The van der Waals surface area contributed by atoms with E-state index >= 15 is 0 Å². The molecular weight excluding hydrogens is 392 g/mol. The minimum Gasteiger partial charge on any atom is -0.475 e. The van der Waals surface area contributed by atoms with Gasteiger partial charge in [-0.15, -0.1) is 0 Å². The Labute approximate surface area is 169 Å². The molecule has 0 saturated heterocycles. The maximum atomic E-state index is 13.0. The van der Waals surface area contributed by atoms with Crippen molar-refractivity contribution in [3.05, 3.63) is 34.5 Å². The second-order valence-corrected chi connectivity index (χ2v) is 9.67. The number of aryl methyl sites for hydroxylation is 2. The second kappa shape index (κ2) is 6.74. The van der Waals surface area contributed by atoms with E-state index in [0.717, 1.165) is 44.2 Å². The van der Waals surface area contributed by atoms with Crippen molar-refractivity contribution in [3.63, 3.8) is 0 Å². The number of fused-ring (bicyclic) bond motifs is 3. The van der Waals surface area contributed by atoms with Crippen LogP contribution >= 0.6 is 0 Å². The van der Waals surface area contributed by atoms with Gasteiger partial charge in [0, 0.05) is 5.69 Å². The Morgan fingerprint density at radius 3 is 2.62 bits per heavy atom. The van der Waals surface area contributed by atoms with E-state index in [1.165, 1.54) is 33.1 Å². The minimum atomic E-state index is -3.63. The second-order valence-electron chi connectivity index (χ2n) is 7.91. The topological polar surface area (TPSA) is 135 Å². The van der Waals surface area contributed by atoms with Crippen molar-refractivity contribution in [1.82, 2.24) is 14.5 Å². The third-order valence-corrected chi connectivity index (χ3v) is 7.23. The fourth-order valence-corrected chi connectivity index (χ4v) is 5.61. The molecule has 9 nitrogen and oxygen atoms in total. The van der Waals surface area contributed by atoms with Crippen molar-refractivity contribution in [2.45, 2.75) is 56.0 Å². The molecule has 0 bridgehead atoms. The van der Waals surface area contributed by atoms with Gasteiger partial charge in [0.15, 0.2) is 9.92 Å². The van der Waals surface area contributed by atoms with Crippen molar-refractivity contribution in [2.75, 3.05) is 11.9 Å². The van der Waals surface area contributed by atoms with E-state index in [-0.39, 0.29) is 23.4 Å². The third kappa shape index (κ3) is 3.16. The number of rotatable bonds is 3. The van der Waals surface area contributed by atoms with Crippen molar-refractivity contribution >= 4 is 21.6 Å². The summed E-state index contributed by atoms with van der Waals surface area (Å²) in [7, 11) is -3.63. The number of urea groups is 1. The Balaban J connectivity index is 1.40. The normalized spacial score (nSPS) is 21.5. The third-order valence-electron chi connectivity index (χ3n) is 5.86. The molecule has 154 valence electrons. The molecule has 3 aliphatic rings. The zero-order valence-electron chi connectivity index (χ0n) is 16.0. The van der Waals surface area contributed by atoms with Gasteiger partial charge in [0.05, 0.1) is 18.8 Å². The van der Waals surface area contributed by atoms with Gasteiger partial charge >= 0.3 is 6.03 Å². The summed E-state index contributed by atoms with van der Waals surface area (Å²) in [6.07, 6.45) is 7.36. The van der Waals surface area contributed by atoms with E-state index in [1.54, 1.807) is 0 Å². The molecule has 2 atom stereocenters. The predicted octanol–water partition coefficient (Wildman–Crippen LogP) is 1.72. The van der Waals surface area contributed by atoms with Crippen LogP contribution < -0.4 is 20.5 Å². The molecule has 0 fully saturated rings. The number of hydrogen-bond acceptors (Lipinski definition) is 6. The number of carbonyl (C=O) groups is 1. The number of amides is 2. The number of carbonyl (C=O) groups excluding carboxylic acids is 1. The summed E-state index contributed by atoms with van der Waals surface area (Å²) in [5.41, 5.74) is 11.6. The molecule has 2 amide bonds. The van der Waals surface area contributed by atoms with Crippen LogP contribution in [-0.2, 0) is 42.1 Å². The van der Waals surface area contributed by atoms with Crippen LogP contribution in [0.3, 0.4) is 0 Å². The first-order valence-electron chi connectivity index (χ1n) is 9.90. The van der Waals surface area contributed by atoms with Gasteiger partial charge < -0.3 is 15.8 Å². The van der Waals surface area contributed by atoms with E-state index in [1.807, 2.05) is 0 Å². The molecule has 0 unspecified atom stereocenters. The maximum Gasteiger partial charge on any atom is 0.331 e. The Bertz CT molecular complexity index is 1080. The number of anilines is 1. The number of nitrogens with one attached hydrogen (secondary N) is 3. The zero-order valence-corrected chi connectivity index (χ0v) is 16.8. The summed E-state index contributed by atoms with van der Waals surface area (Å²) in [6.45, 7) is 0.669. The fourth-order valence-electron chi connectivity index (χ4n) is 4.58. The van der Waals surface area contributed by atoms with E-state index in [4.69, 9.17) is 15.3 Å². The number of hydrogen-bond donors (Lipinski definition) is 4. The van der Waals surface area contributed by atoms with Crippen LogP contribution in [0, 0.1) is 4.78 Å². The summed E-state index contributed by atoms with van der Waals surface area (Å²) < 4.78 is 30.6. The fraction of sp³-hybridized carbons (Fsp3) is 0.474. The van der Waals surface area contributed by atoms with Crippen molar-refractivity contribution < 1.29 is 13.7 Å². The quantitative estimate of drug-likeness (QED) is 0.604. The molecule has 0 radical (unpaired) electrons. The van der Waals surface area contributed by atoms with E-state index < -0.39 is 15.9 Å². The smallest absolute Gasteiger partial charge is 0.331 e. The van der Waals surface area contributed by atoms with Crippen LogP contribution in [0.5, 0.6) is 5.88 Å². The van der Waals surface area contributed by atoms with Crippen LogP contribution in [0.2, 0.25) is 0 Å². The number of ether oxygens (including phenoxy) is 1. The molecule has 0 spiro atoms. The summed E-state index contributed by atoms with van der Waals surface area (Å²) in [6, 6.07) is 1.42. The molecule has 2 aromatic rings. The molecule has 10 heteroatoms. The van der Waals surface area contributed by atoms with Gasteiger partial charge in [-0.3, -0.25) is 0 Å². The molecule has 5 rings (SSSR count). The van der Waals surface area contributed by atoms with Gasteiger partial charge in [-0.05, 0) is 60.8 Å². The summed E-state index contributed by atoms with van der Waals surface area (Å²) in [5.74, 6) is 0.230. The van der Waals surface area contributed by atoms with Crippen molar-refractivity contribution in [2.24, 2.45) is 5.73 Å². The number of benzene rings is 1. The monoisotopic (exact) mass is 416 g/mol. The van der Waals surface area contributed by atoms with Crippen LogP contribution in [-0.4, -0.2) is 32.7 Å². The highest BCUT2D eigenvalue weighted by atomic mass is 32.2. The van der Waals surface area contributed by atoms with Gasteiger partial charge in [0.1, 0.15) is 11.5 Å². The molecule has 2 heterocycles. The van der Waals surface area contributed by atoms with E-state index in [0.29, 0.717) is 6.54 Å². The average molecular weight is 417 g/mol. The Morgan fingerprint density at radius 2 is 1.93 bits per heavy atom. The van der Waals surface area contributed by atoms with Gasteiger partial charge in [0.25, 0.3) is 0 Å². The number of nitrogens with zero attached hydrogens (tertiary/aromatic N) is 2. The zero-order chi connectivity index (χ0) is 20.2. The largest absolute Gasteiger partial charge is 0.475 e. The SMILES string of the molecule is N=[S@](=O)(NC(=O)Nc1c2c(cc3c1CCC3)CCC2)c1cnn2c1OC[C@@H](N)C2. The first kappa shape index (κ1) is 18.4. The highest BCUT2D eigenvalue weighted by Crippen LogP contribution is 2.38. The number of aromatic nitrogens is 2. The highest BCUT2D eigenvalue weighted by Gasteiger charge is 2.29. The van der Waals surface area contributed by atoms with E-state index in [9.17, 15) is 9.00 Å². The van der Waals surface area contributed by atoms with Crippen molar-refractivity contribution in [3.8, 4) is 5.88 Å². The summed E-state index contributed by atoms with van der Waals surface area (Å²) in [4.78, 5) is 12.8. The number of nitrogens with two attached hydrogens (primary N) is 1. The predicted molar refractivity (Wildman–Crippen MR) is 107 cm³/mol. The van der Waals surface area contributed by atoms with Gasteiger partial charge in [0.2, 0.25) is 5.88 Å². The molecule has 2 aliphatic carbocycles. The lowest BCUT2D eigenvalue weighted by atomic mass is 9.99. The molecule has 29 heavy (non-hydrogen) atoms.